The lowest BCUT2D eigenvalue weighted by Gasteiger charge is -2.29. The van der Waals surface area contributed by atoms with Crippen LogP contribution in [0.25, 0.3) is 0 Å². The van der Waals surface area contributed by atoms with E-state index in [1.54, 1.807) is 0 Å². The predicted molar refractivity (Wildman–Crippen MR) is 89.7 cm³/mol. The van der Waals surface area contributed by atoms with E-state index in [1.807, 2.05) is 0 Å². The Kier molecular flexibility index (Phi) is 9.54. The van der Waals surface area contributed by atoms with Gasteiger partial charge in [-0.15, -0.1) is 0 Å². The number of hydrogen-bond acceptors (Lipinski definition) is 3. The highest BCUT2D eigenvalue weighted by Gasteiger charge is 2.31. The Morgan fingerprint density at radius 3 is 2.57 bits per heavy atom. The predicted octanol–water partition coefficient (Wildman–Crippen LogP) is 4.04. The second kappa shape index (κ2) is 10.6. The van der Waals surface area contributed by atoms with E-state index in [2.05, 4.69) is 26.1 Å². The van der Waals surface area contributed by atoms with Crippen molar-refractivity contribution >= 4 is 0 Å². The SMILES string of the molecule is CCCCCCC(C)OCCCCC(C)(CO)NC1CC1. The minimum absolute atomic E-state index is 0.0903. The second-order valence-electron chi connectivity index (χ2n) is 7.13. The molecule has 0 aromatic carbocycles. The molecule has 2 N–H and O–H groups in total. The molecule has 2 atom stereocenters. The molecule has 0 aliphatic heterocycles. The number of ether oxygens (including phenoxy) is 1. The summed E-state index contributed by atoms with van der Waals surface area (Å²) < 4.78 is 5.88. The Morgan fingerprint density at radius 2 is 1.95 bits per heavy atom. The van der Waals surface area contributed by atoms with Crippen LogP contribution in [0.2, 0.25) is 0 Å². The van der Waals surface area contributed by atoms with E-state index in [1.165, 1.54) is 44.9 Å². The van der Waals surface area contributed by atoms with Crippen molar-refractivity contribution in [3.8, 4) is 0 Å². The summed E-state index contributed by atoms with van der Waals surface area (Å²) in [5, 5.41) is 13.1. The summed E-state index contributed by atoms with van der Waals surface area (Å²) in [6.07, 6.45) is 12.7. The van der Waals surface area contributed by atoms with E-state index >= 15 is 0 Å². The molecule has 126 valence electrons. The van der Waals surface area contributed by atoms with Gasteiger partial charge in [-0.25, -0.2) is 0 Å². The molecule has 3 nitrogen and oxygen atoms in total. The minimum Gasteiger partial charge on any atom is -0.394 e. The Morgan fingerprint density at radius 1 is 1.19 bits per heavy atom. The molecular formula is C18H37NO2. The highest BCUT2D eigenvalue weighted by atomic mass is 16.5. The number of aliphatic hydroxyl groups is 1. The fraction of sp³-hybridized carbons (Fsp3) is 1.00. The average molecular weight is 299 g/mol. The molecule has 2 unspecified atom stereocenters. The zero-order chi connectivity index (χ0) is 15.6. The first-order chi connectivity index (χ1) is 10.1. The van der Waals surface area contributed by atoms with Crippen molar-refractivity contribution in [2.45, 2.75) is 103 Å². The lowest BCUT2D eigenvalue weighted by atomic mass is 9.95. The van der Waals surface area contributed by atoms with Gasteiger partial charge < -0.3 is 15.2 Å². The molecule has 1 rings (SSSR count). The zero-order valence-electron chi connectivity index (χ0n) is 14.5. The van der Waals surface area contributed by atoms with Gasteiger partial charge in [-0.3, -0.25) is 0 Å². The summed E-state index contributed by atoms with van der Waals surface area (Å²) in [5.74, 6) is 0. The van der Waals surface area contributed by atoms with Crippen molar-refractivity contribution in [3.63, 3.8) is 0 Å². The Bertz CT molecular complexity index is 256. The van der Waals surface area contributed by atoms with Gasteiger partial charge in [-0.1, -0.05) is 32.6 Å². The minimum atomic E-state index is -0.0903. The van der Waals surface area contributed by atoms with Gasteiger partial charge >= 0.3 is 0 Å². The molecule has 0 heterocycles. The van der Waals surface area contributed by atoms with Crippen LogP contribution in [0.4, 0.5) is 0 Å². The Labute approximate surface area is 131 Å². The molecule has 1 fully saturated rings. The maximum absolute atomic E-state index is 9.55. The number of rotatable bonds is 14. The number of hydrogen-bond donors (Lipinski definition) is 2. The molecule has 0 aromatic rings. The monoisotopic (exact) mass is 299 g/mol. The fourth-order valence-corrected chi connectivity index (χ4v) is 2.76. The summed E-state index contributed by atoms with van der Waals surface area (Å²) in [7, 11) is 0. The third-order valence-corrected chi connectivity index (χ3v) is 4.47. The van der Waals surface area contributed by atoms with Crippen LogP contribution in [0.3, 0.4) is 0 Å². The van der Waals surface area contributed by atoms with Crippen LogP contribution in [0, 0.1) is 0 Å². The van der Waals surface area contributed by atoms with Gasteiger partial charge in [0.05, 0.1) is 12.7 Å². The first-order valence-electron chi connectivity index (χ1n) is 9.10. The van der Waals surface area contributed by atoms with Gasteiger partial charge in [0.1, 0.15) is 0 Å². The van der Waals surface area contributed by atoms with Crippen LogP contribution < -0.4 is 5.32 Å². The van der Waals surface area contributed by atoms with Gasteiger partial charge in [0.15, 0.2) is 0 Å². The molecule has 1 aliphatic carbocycles. The van der Waals surface area contributed by atoms with Crippen molar-refractivity contribution in [1.82, 2.24) is 5.32 Å². The van der Waals surface area contributed by atoms with Crippen molar-refractivity contribution in [1.29, 1.82) is 0 Å². The lowest BCUT2D eigenvalue weighted by Crippen LogP contribution is -2.46. The smallest absolute Gasteiger partial charge is 0.0610 e. The molecule has 0 saturated heterocycles. The molecule has 0 radical (unpaired) electrons. The van der Waals surface area contributed by atoms with Gasteiger partial charge in [0.2, 0.25) is 0 Å². The first kappa shape index (κ1) is 18.9. The van der Waals surface area contributed by atoms with E-state index in [0.717, 1.165) is 25.9 Å². The van der Waals surface area contributed by atoms with E-state index in [-0.39, 0.29) is 12.1 Å². The van der Waals surface area contributed by atoms with Gasteiger partial charge in [-0.05, 0) is 52.4 Å². The Balaban J connectivity index is 1.97. The van der Waals surface area contributed by atoms with Crippen molar-refractivity contribution < 1.29 is 9.84 Å². The lowest BCUT2D eigenvalue weighted by molar-refractivity contribution is 0.0538. The largest absolute Gasteiger partial charge is 0.394 e. The molecular weight excluding hydrogens is 262 g/mol. The molecule has 3 heteroatoms. The molecule has 1 aliphatic rings. The first-order valence-corrected chi connectivity index (χ1v) is 9.10. The summed E-state index contributed by atoms with van der Waals surface area (Å²) in [6, 6.07) is 0.654. The summed E-state index contributed by atoms with van der Waals surface area (Å²) in [4.78, 5) is 0. The molecule has 1 saturated carbocycles. The molecule has 21 heavy (non-hydrogen) atoms. The third kappa shape index (κ3) is 9.49. The van der Waals surface area contributed by atoms with E-state index in [0.29, 0.717) is 12.1 Å². The van der Waals surface area contributed by atoms with E-state index in [9.17, 15) is 5.11 Å². The number of nitrogens with one attached hydrogen (secondary N) is 1. The zero-order valence-corrected chi connectivity index (χ0v) is 14.5. The summed E-state index contributed by atoms with van der Waals surface area (Å²) >= 11 is 0. The quantitative estimate of drug-likeness (QED) is 0.476. The van der Waals surface area contributed by atoms with Crippen LogP contribution in [0.15, 0.2) is 0 Å². The van der Waals surface area contributed by atoms with Crippen LogP contribution in [-0.4, -0.2) is 36.0 Å². The average Bonchev–Trinajstić information content (AvgIpc) is 3.27. The normalized spacial score (nSPS) is 19.4. The molecule has 0 spiro atoms. The third-order valence-electron chi connectivity index (χ3n) is 4.47. The molecule has 0 aromatic heterocycles. The summed E-state index contributed by atoms with van der Waals surface area (Å²) in [6.45, 7) is 7.68. The van der Waals surface area contributed by atoms with Crippen LogP contribution >= 0.6 is 0 Å². The molecule has 0 bridgehead atoms. The maximum atomic E-state index is 9.55. The molecule has 0 amide bonds. The Hall–Kier alpha value is -0.120. The number of unbranched alkanes of at least 4 members (excludes halogenated alkanes) is 4. The van der Waals surface area contributed by atoms with Crippen LogP contribution in [-0.2, 0) is 4.74 Å². The van der Waals surface area contributed by atoms with Crippen molar-refractivity contribution in [2.24, 2.45) is 0 Å². The van der Waals surface area contributed by atoms with Gasteiger partial charge in [0, 0.05) is 18.2 Å². The van der Waals surface area contributed by atoms with Crippen molar-refractivity contribution in [2.75, 3.05) is 13.2 Å². The van der Waals surface area contributed by atoms with Gasteiger partial charge in [0.25, 0.3) is 0 Å². The number of aliphatic hydroxyl groups excluding tert-OH is 1. The highest BCUT2D eigenvalue weighted by Crippen LogP contribution is 2.24. The van der Waals surface area contributed by atoms with Gasteiger partial charge in [-0.2, -0.15) is 0 Å². The standard InChI is InChI=1S/C18H37NO2/c1-4-5-6-7-10-16(2)21-14-9-8-13-18(3,15-20)19-17-11-12-17/h16-17,19-20H,4-15H2,1-3H3. The van der Waals surface area contributed by atoms with Crippen LogP contribution in [0.5, 0.6) is 0 Å². The fourth-order valence-electron chi connectivity index (χ4n) is 2.76. The topological polar surface area (TPSA) is 41.5 Å². The maximum Gasteiger partial charge on any atom is 0.0610 e. The highest BCUT2D eigenvalue weighted by molar-refractivity contribution is 4.92. The van der Waals surface area contributed by atoms with E-state index in [4.69, 9.17) is 4.74 Å². The second-order valence-corrected chi connectivity index (χ2v) is 7.13. The van der Waals surface area contributed by atoms with Crippen molar-refractivity contribution in [3.05, 3.63) is 0 Å². The van der Waals surface area contributed by atoms with Crippen LogP contribution in [0.1, 0.15) is 85.0 Å². The summed E-state index contributed by atoms with van der Waals surface area (Å²) in [5.41, 5.74) is -0.0903. The van der Waals surface area contributed by atoms with E-state index < -0.39 is 0 Å².